The van der Waals surface area contributed by atoms with Crippen molar-refractivity contribution in [3.8, 4) is 0 Å². The largest absolute Gasteiger partial charge is 0.479 e. The second-order valence-electron chi connectivity index (χ2n) is 1.57. The van der Waals surface area contributed by atoms with E-state index in [0.717, 1.165) is 0 Å². The molecule has 0 aliphatic heterocycles. The molecule has 0 amide bonds. The number of rotatable bonds is 3. The van der Waals surface area contributed by atoms with E-state index in [4.69, 9.17) is 20.4 Å². The van der Waals surface area contributed by atoms with Crippen LogP contribution in [0.1, 0.15) is 0 Å². The molecule has 11 heavy (non-hydrogen) atoms. The Balaban J connectivity index is 0. The van der Waals surface area contributed by atoms with Crippen LogP contribution in [0.15, 0.2) is 0 Å². The van der Waals surface area contributed by atoms with Crippen LogP contribution in [0, 0.1) is 49.9 Å². The smallest absolute Gasteiger partial charge is 0.335 e. The van der Waals surface area contributed by atoms with E-state index < -0.39 is 24.1 Å². The number of hydrogen-bond acceptors (Lipinski definition) is 4. The number of aliphatic hydroxyl groups excluding tert-OH is 2. The van der Waals surface area contributed by atoms with Gasteiger partial charge in [-0.3, -0.25) is 0 Å². The van der Waals surface area contributed by atoms with E-state index in [2.05, 4.69) is 0 Å². The third-order valence-electron chi connectivity index (χ3n) is 0.805. The van der Waals surface area contributed by atoms with Crippen LogP contribution in [0.5, 0.6) is 0 Å². The average molecular weight is 373 g/mol. The monoisotopic (exact) mass is 373 g/mol. The summed E-state index contributed by atoms with van der Waals surface area (Å²) in [5.41, 5.74) is 0. The van der Waals surface area contributed by atoms with Gasteiger partial charge in [0, 0.05) is 49.9 Å². The third-order valence-corrected chi connectivity index (χ3v) is 0.805. The second kappa shape index (κ2) is 6.03. The van der Waals surface area contributed by atoms with Crippen molar-refractivity contribution in [2.24, 2.45) is 0 Å². The molecule has 0 aromatic carbocycles. The first-order valence-electron chi connectivity index (χ1n) is 2.28. The number of carbonyl (C=O) groups is 2. The fourth-order valence-corrected chi connectivity index (χ4v) is 0.270. The Hall–Kier alpha value is 0.457. The van der Waals surface area contributed by atoms with Crippen molar-refractivity contribution in [2.45, 2.75) is 12.2 Å². The minimum Gasteiger partial charge on any atom is -0.479 e. The molecule has 0 saturated carbocycles. The van der Waals surface area contributed by atoms with Crippen LogP contribution in [-0.4, -0.2) is 44.6 Å². The van der Waals surface area contributed by atoms with Gasteiger partial charge in [-0.1, -0.05) is 0 Å². The van der Waals surface area contributed by atoms with Gasteiger partial charge in [0.1, 0.15) is 0 Å². The van der Waals surface area contributed by atoms with Gasteiger partial charge in [0.2, 0.25) is 0 Å². The topological polar surface area (TPSA) is 115 Å². The number of carboxylic acid groups (broad SMARTS) is 2. The maximum atomic E-state index is 9.77. The summed E-state index contributed by atoms with van der Waals surface area (Å²) in [6.07, 6.45) is -4.53. The molecule has 0 bridgehead atoms. The molecule has 0 spiro atoms. The zero-order chi connectivity index (χ0) is 8.31. The summed E-state index contributed by atoms with van der Waals surface area (Å²) in [7, 11) is 0. The third kappa shape index (κ3) is 4.82. The average Bonchev–Trinajstić information content (AvgIpc) is 1.84. The second-order valence-corrected chi connectivity index (χ2v) is 1.57. The molecule has 59 valence electrons. The van der Waals surface area contributed by atoms with Crippen LogP contribution in [0.4, 0.5) is 0 Å². The first-order chi connectivity index (χ1) is 4.46. The fourth-order valence-electron chi connectivity index (χ4n) is 0.270. The molecule has 0 fully saturated rings. The van der Waals surface area contributed by atoms with Gasteiger partial charge in [-0.25, -0.2) is 9.59 Å². The van der Waals surface area contributed by atoms with Gasteiger partial charge in [-0.15, -0.1) is 0 Å². The molecule has 0 saturated heterocycles. The van der Waals surface area contributed by atoms with E-state index in [-0.39, 0.29) is 49.9 Å². The zero-order valence-corrected chi connectivity index (χ0v) is 14.0. The fraction of sp³-hybridized carbons (Fsp3) is 0.500. The van der Waals surface area contributed by atoms with Gasteiger partial charge in [-0.05, 0) is 0 Å². The SMILES string of the molecule is O=C(O)C(O)C(O)C(=O)O.[Fr]. The maximum absolute atomic E-state index is 9.77. The van der Waals surface area contributed by atoms with Gasteiger partial charge < -0.3 is 20.4 Å². The first-order valence-corrected chi connectivity index (χ1v) is 2.28. The van der Waals surface area contributed by atoms with E-state index >= 15 is 0 Å². The number of hydrogen-bond donors (Lipinski definition) is 4. The Morgan fingerprint density at radius 1 is 0.909 bits per heavy atom. The molecule has 2 unspecified atom stereocenters. The van der Waals surface area contributed by atoms with Crippen molar-refractivity contribution in [1.82, 2.24) is 0 Å². The van der Waals surface area contributed by atoms with Gasteiger partial charge in [0.05, 0.1) is 0 Å². The van der Waals surface area contributed by atoms with E-state index in [9.17, 15) is 9.59 Å². The summed E-state index contributed by atoms with van der Waals surface area (Å²) in [5.74, 6) is -3.54. The standard InChI is InChI=1S/C4H6O6.Fr/c5-1(3(7)8)2(6)4(9)10;/h1-2,5-6H,(H,7,8)(H,9,10);. The summed E-state index contributed by atoms with van der Waals surface area (Å²) >= 11 is 0. The van der Waals surface area contributed by atoms with Crippen molar-refractivity contribution < 1.29 is 79.9 Å². The van der Waals surface area contributed by atoms with Crippen molar-refractivity contribution in [2.75, 3.05) is 0 Å². The van der Waals surface area contributed by atoms with Gasteiger partial charge >= 0.3 is 11.9 Å². The van der Waals surface area contributed by atoms with E-state index in [1.165, 1.54) is 0 Å². The van der Waals surface area contributed by atoms with Crippen molar-refractivity contribution >= 4 is 11.9 Å². The van der Waals surface area contributed by atoms with Crippen molar-refractivity contribution in [3.63, 3.8) is 0 Å². The van der Waals surface area contributed by atoms with E-state index in [0.29, 0.717) is 0 Å². The summed E-state index contributed by atoms with van der Waals surface area (Å²) in [6, 6.07) is 0. The molecule has 0 aliphatic carbocycles. The molecule has 6 nitrogen and oxygen atoms in total. The minimum atomic E-state index is -2.27. The molecule has 0 aromatic heterocycles. The summed E-state index contributed by atoms with van der Waals surface area (Å²) in [6.45, 7) is 0. The predicted molar refractivity (Wildman–Crippen MR) is 27.3 cm³/mol. The van der Waals surface area contributed by atoms with Gasteiger partial charge in [-0.2, -0.15) is 0 Å². The molecule has 0 aromatic rings. The van der Waals surface area contributed by atoms with E-state index in [1.54, 1.807) is 0 Å². The summed E-state index contributed by atoms with van der Waals surface area (Å²) in [5, 5.41) is 32.5. The zero-order valence-electron chi connectivity index (χ0n) is 5.76. The molecular weight excluding hydrogens is 367 g/mol. The summed E-state index contributed by atoms with van der Waals surface area (Å²) < 4.78 is 0. The van der Waals surface area contributed by atoms with E-state index in [1.807, 2.05) is 0 Å². The van der Waals surface area contributed by atoms with Crippen LogP contribution >= 0.6 is 0 Å². The molecule has 1 radical (unpaired) electrons. The molecule has 7 heteroatoms. The van der Waals surface area contributed by atoms with Gasteiger partial charge in [0.25, 0.3) is 0 Å². The Labute approximate surface area is 103 Å². The van der Waals surface area contributed by atoms with Gasteiger partial charge in [0.15, 0.2) is 12.2 Å². The van der Waals surface area contributed by atoms with Crippen molar-refractivity contribution in [1.29, 1.82) is 0 Å². The normalized spacial score (nSPS) is 14.4. The number of carboxylic acids is 2. The van der Waals surface area contributed by atoms with Crippen LogP contribution in [0.25, 0.3) is 0 Å². The minimum absolute atomic E-state index is 0. The molecule has 4 N–H and O–H groups in total. The first kappa shape index (κ1) is 14.0. The molecule has 0 rings (SSSR count). The number of aliphatic hydroxyl groups is 2. The Morgan fingerprint density at radius 3 is 1.18 bits per heavy atom. The molecular formula is C4H6FrO6. The van der Waals surface area contributed by atoms with Crippen LogP contribution in [0.2, 0.25) is 0 Å². The Kier molecular flexibility index (Phi) is 7.68. The van der Waals surface area contributed by atoms with Crippen LogP contribution < -0.4 is 0 Å². The van der Waals surface area contributed by atoms with Crippen LogP contribution in [0.3, 0.4) is 0 Å². The van der Waals surface area contributed by atoms with Crippen molar-refractivity contribution in [3.05, 3.63) is 0 Å². The maximum Gasteiger partial charge on any atom is 0.335 e. The Morgan fingerprint density at radius 2 is 1.09 bits per heavy atom. The number of aliphatic carboxylic acids is 2. The predicted octanol–water partition coefficient (Wildman–Crippen LogP) is -2.12. The quantitative estimate of drug-likeness (QED) is 0.450. The molecule has 0 aliphatic rings. The molecule has 2 atom stereocenters. The molecule has 0 heterocycles. The summed E-state index contributed by atoms with van der Waals surface area (Å²) in [4.78, 5) is 19.5. The Bertz CT molecular complexity index is 139. The van der Waals surface area contributed by atoms with Crippen LogP contribution in [-0.2, 0) is 9.59 Å².